The van der Waals surface area contributed by atoms with Gasteiger partial charge in [-0.2, -0.15) is 0 Å². The number of anilines is 1. The summed E-state index contributed by atoms with van der Waals surface area (Å²) in [6, 6.07) is 9.77. The standard InChI is InChI=1S/C11H9N3O/c12-11-6-10(14-15-11)7-1-2-9-8(5-7)3-4-13-9/h1-6,13H,12H2. The van der Waals surface area contributed by atoms with Crippen LogP contribution in [0.25, 0.3) is 22.2 Å². The number of hydrogen-bond donors (Lipinski definition) is 2. The van der Waals surface area contributed by atoms with Crippen molar-refractivity contribution in [1.82, 2.24) is 10.1 Å². The Balaban J connectivity index is 2.18. The van der Waals surface area contributed by atoms with Crippen LogP contribution in [-0.2, 0) is 0 Å². The van der Waals surface area contributed by atoms with Crippen LogP contribution in [0.15, 0.2) is 41.1 Å². The average molecular weight is 199 g/mol. The van der Waals surface area contributed by atoms with Crippen molar-refractivity contribution < 1.29 is 4.52 Å². The molecule has 0 amide bonds. The third-order valence-electron chi connectivity index (χ3n) is 2.38. The van der Waals surface area contributed by atoms with Gasteiger partial charge in [0, 0.05) is 28.7 Å². The molecule has 1 aromatic carbocycles. The van der Waals surface area contributed by atoms with Gasteiger partial charge in [-0.05, 0) is 18.2 Å². The van der Waals surface area contributed by atoms with E-state index in [1.54, 1.807) is 6.07 Å². The van der Waals surface area contributed by atoms with Crippen LogP contribution >= 0.6 is 0 Å². The second kappa shape index (κ2) is 2.88. The molecule has 0 aliphatic heterocycles. The van der Waals surface area contributed by atoms with E-state index >= 15 is 0 Å². The number of aromatic nitrogens is 2. The highest BCUT2D eigenvalue weighted by Crippen LogP contribution is 2.24. The van der Waals surface area contributed by atoms with Gasteiger partial charge in [0.15, 0.2) is 0 Å². The molecule has 3 rings (SSSR count). The largest absolute Gasteiger partial charge is 0.368 e. The molecule has 0 saturated carbocycles. The zero-order valence-electron chi connectivity index (χ0n) is 7.90. The summed E-state index contributed by atoms with van der Waals surface area (Å²) in [4.78, 5) is 3.13. The number of benzene rings is 1. The summed E-state index contributed by atoms with van der Waals surface area (Å²) in [5.74, 6) is 0.333. The van der Waals surface area contributed by atoms with E-state index in [-0.39, 0.29) is 0 Å². The summed E-state index contributed by atoms with van der Waals surface area (Å²) in [7, 11) is 0. The number of nitrogen functional groups attached to an aromatic ring is 1. The number of fused-ring (bicyclic) bond motifs is 1. The molecule has 4 nitrogen and oxygen atoms in total. The maximum atomic E-state index is 5.47. The van der Waals surface area contributed by atoms with E-state index in [0.29, 0.717) is 5.88 Å². The zero-order chi connectivity index (χ0) is 10.3. The maximum absolute atomic E-state index is 5.47. The third-order valence-corrected chi connectivity index (χ3v) is 2.38. The normalized spacial score (nSPS) is 10.9. The lowest BCUT2D eigenvalue weighted by atomic mass is 10.1. The molecular formula is C11H9N3O. The van der Waals surface area contributed by atoms with Crippen LogP contribution < -0.4 is 5.73 Å². The predicted octanol–water partition coefficient (Wildman–Crippen LogP) is 2.41. The van der Waals surface area contributed by atoms with Crippen LogP contribution in [0, 0.1) is 0 Å². The lowest BCUT2D eigenvalue weighted by molar-refractivity contribution is 0.439. The van der Waals surface area contributed by atoms with Crippen molar-refractivity contribution in [2.75, 3.05) is 5.73 Å². The molecule has 2 aromatic heterocycles. The second-order valence-corrected chi connectivity index (χ2v) is 3.39. The Morgan fingerprint density at radius 3 is 2.93 bits per heavy atom. The molecule has 0 saturated heterocycles. The van der Waals surface area contributed by atoms with Crippen LogP contribution in [0.1, 0.15) is 0 Å². The summed E-state index contributed by atoms with van der Waals surface area (Å²) < 4.78 is 4.83. The van der Waals surface area contributed by atoms with E-state index in [9.17, 15) is 0 Å². The van der Waals surface area contributed by atoms with Crippen molar-refractivity contribution in [2.45, 2.75) is 0 Å². The Bertz CT molecular complexity index is 609. The van der Waals surface area contributed by atoms with Crippen LogP contribution in [0.3, 0.4) is 0 Å². The van der Waals surface area contributed by atoms with Crippen LogP contribution in [0.4, 0.5) is 5.88 Å². The Labute approximate surface area is 85.7 Å². The van der Waals surface area contributed by atoms with Gasteiger partial charge in [-0.15, -0.1) is 0 Å². The summed E-state index contributed by atoms with van der Waals surface area (Å²) in [6.07, 6.45) is 1.91. The first-order valence-electron chi connectivity index (χ1n) is 4.63. The van der Waals surface area contributed by atoms with Gasteiger partial charge in [0.1, 0.15) is 5.69 Å². The number of aromatic amines is 1. The summed E-state index contributed by atoms with van der Waals surface area (Å²) in [5, 5.41) is 5.01. The summed E-state index contributed by atoms with van der Waals surface area (Å²) >= 11 is 0. The third kappa shape index (κ3) is 1.27. The molecule has 3 aromatic rings. The average Bonchev–Trinajstić information content (AvgIpc) is 2.84. The van der Waals surface area contributed by atoms with E-state index in [1.807, 2.05) is 30.5 Å². The highest BCUT2D eigenvalue weighted by Gasteiger charge is 2.04. The fourth-order valence-electron chi connectivity index (χ4n) is 1.64. The van der Waals surface area contributed by atoms with Crippen molar-refractivity contribution in [3.8, 4) is 11.3 Å². The van der Waals surface area contributed by atoms with E-state index in [1.165, 1.54) is 0 Å². The molecule has 0 fully saturated rings. The molecular weight excluding hydrogens is 190 g/mol. The zero-order valence-corrected chi connectivity index (χ0v) is 7.90. The Hall–Kier alpha value is -2.23. The lowest BCUT2D eigenvalue weighted by Gasteiger charge is -1.95. The number of nitrogens with one attached hydrogen (secondary N) is 1. The second-order valence-electron chi connectivity index (χ2n) is 3.39. The van der Waals surface area contributed by atoms with E-state index in [2.05, 4.69) is 10.1 Å². The number of nitrogens with zero attached hydrogens (tertiary/aromatic N) is 1. The van der Waals surface area contributed by atoms with Crippen molar-refractivity contribution in [3.05, 3.63) is 36.5 Å². The monoisotopic (exact) mass is 199 g/mol. The molecule has 0 aliphatic carbocycles. The summed E-state index contributed by atoms with van der Waals surface area (Å²) in [6.45, 7) is 0. The van der Waals surface area contributed by atoms with Crippen molar-refractivity contribution in [3.63, 3.8) is 0 Å². The van der Waals surface area contributed by atoms with Crippen molar-refractivity contribution >= 4 is 16.8 Å². The fourth-order valence-corrected chi connectivity index (χ4v) is 1.64. The molecule has 0 spiro atoms. The maximum Gasteiger partial charge on any atom is 0.222 e. The first-order chi connectivity index (χ1) is 7.33. The van der Waals surface area contributed by atoms with Crippen molar-refractivity contribution in [1.29, 1.82) is 0 Å². The number of rotatable bonds is 1. The SMILES string of the molecule is Nc1cc(-c2ccc3[nH]ccc3c2)no1. The minimum atomic E-state index is 0.333. The fraction of sp³-hybridized carbons (Fsp3) is 0. The molecule has 2 heterocycles. The molecule has 0 radical (unpaired) electrons. The highest BCUT2D eigenvalue weighted by molar-refractivity contribution is 5.84. The van der Waals surface area contributed by atoms with Gasteiger partial charge < -0.3 is 15.2 Å². The minimum Gasteiger partial charge on any atom is -0.368 e. The number of nitrogens with two attached hydrogens (primary N) is 1. The topological polar surface area (TPSA) is 67.8 Å². The van der Waals surface area contributed by atoms with Gasteiger partial charge >= 0.3 is 0 Å². The van der Waals surface area contributed by atoms with Crippen LogP contribution in [0.2, 0.25) is 0 Å². The summed E-state index contributed by atoms with van der Waals surface area (Å²) in [5.41, 5.74) is 8.34. The molecule has 0 unspecified atom stereocenters. The molecule has 4 heteroatoms. The van der Waals surface area contributed by atoms with Gasteiger partial charge in [0.05, 0.1) is 0 Å². The Kier molecular flexibility index (Phi) is 1.56. The van der Waals surface area contributed by atoms with Crippen LogP contribution in [-0.4, -0.2) is 10.1 Å². The molecule has 3 N–H and O–H groups in total. The van der Waals surface area contributed by atoms with Gasteiger partial charge in [-0.3, -0.25) is 0 Å². The number of H-pyrrole nitrogens is 1. The van der Waals surface area contributed by atoms with Crippen molar-refractivity contribution in [2.24, 2.45) is 0 Å². The lowest BCUT2D eigenvalue weighted by Crippen LogP contribution is -1.77. The van der Waals surface area contributed by atoms with E-state index in [4.69, 9.17) is 10.3 Å². The highest BCUT2D eigenvalue weighted by atomic mass is 16.5. The Morgan fingerprint density at radius 2 is 2.13 bits per heavy atom. The number of hydrogen-bond acceptors (Lipinski definition) is 3. The first-order valence-corrected chi connectivity index (χ1v) is 4.63. The smallest absolute Gasteiger partial charge is 0.222 e. The van der Waals surface area contributed by atoms with Gasteiger partial charge in [0.25, 0.3) is 0 Å². The molecule has 0 atom stereocenters. The molecule has 15 heavy (non-hydrogen) atoms. The first kappa shape index (κ1) is 8.11. The quantitative estimate of drug-likeness (QED) is 0.632. The van der Waals surface area contributed by atoms with Gasteiger partial charge in [-0.25, -0.2) is 0 Å². The minimum absolute atomic E-state index is 0.333. The van der Waals surface area contributed by atoms with Crippen LogP contribution in [0.5, 0.6) is 0 Å². The predicted molar refractivity (Wildman–Crippen MR) is 58.2 cm³/mol. The molecule has 0 bridgehead atoms. The van der Waals surface area contributed by atoms with Gasteiger partial charge in [0.2, 0.25) is 5.88 Å². The molecule has 74 valence electrons. The van der Waals surface area contributed by atoms with E-state index < -0.39 is 0 Å². The molecule has 0 aliphatic rings. The van der Waals surface area contributed by atoms with E-state index in [0.717, 1.165) is 22.2 Å². The van der Waals surface area contributed by atoms with Gasteiger partial charge in [-0.1, -0.05) is 11.2 Å². The Morgan fingerprint density at radius 1 is 1.20 bits per heavy atom.